The standard InChI is InChI=1S/C22H20BrN3O3S/c1-28-21(27)18-5-4-6-19(20(18)25-11-2-3-12-25)26-13-17(14-26)29-22(30)24-16-9-7-15(23)8-10-16/h2-12,17H,13-14H2,1H3,(H,24,30). The van der Waals surface area contributed by atoms with Crippen molar-refractivity contribution in [1.82, 2.24) is 4.57 Å². The Morgan fingerprint density at radius 2 is 1.80 bits per heavy atom. The first-order valence-electron chi connectivity index (χ1n) is 9.38. The molecule has 0 aliphatic carbocycles. The van der Waals surface area contributed by atoms with Gasteiger partial charge in [0.05, 0.1) is 37.1 Å². The molecule has 0 atom stereocenters. The van der Waals surface area contributed by atoms with Gasteiger partial charge in [0.15, 0.2) is 0 Å². The predicted molar refractivity (Wildman–Crippen MR) is 125 cm³/mol. The highest BCUT2D eigenvalue weighted by atomic mass is 79.9. The average Bonchev–Trinajstić information content (AvgIpc) is 3.25. The van der Waals surface area contributed by atoms with Crippen LogP contribution in [-0.4, -0.2) is 42.0 Å². The van der Waals surface area contributed by atoms with E-state index in [-0.39, 0.29) is 12.1 Å². The number of para-hydroxylation sites is 1. The molecule has 8 heteroatoms. The van der Waals surface area contributed by atoms with E-state index in [1.54, 1.807) is 6.07 Å². The van der Waals surface area contributed by atoms with Gasteiger partial charge in [-0.15, -0.1) is 0 Å². The number of methoxy groups -OCH3 is 1. The van der Waals surface area contributed by atoms with Gasteiger partial charge in [-0.3, -0.25) is 0 Å². The van der Waals surface area contributed by atoms with E-state index >= 15 is 0 Å². The Morgan fingerprint density at radius 1 is 1.10 bits per heavy atom. The lowest BCUT2D eigenvalue weighted by Crippen LogP contribution is -2.53. The summed E-state index contributed by atoms with van der Waals surface area (Å²) in [5.74, 6) is -0.367. The Balaban J connectivity index is 1.45. The molecule has 1 aromatic heterocycles. The van der Waals surface area contributed by atoms with Gasteiger partial charge in [0, 0.05) is 22.6 Å². The van der Waals surface area contributed by atoms with Gasteiger partial charge in [0.25, 0.3) is 5.17 Å². The molecule has 154 valence electrons. The van der Waals surface area contributed by atoms with E-state index in [9.17, 15) is 4.79 Å². The fraction of sp³-hybridized carbons (Fsp3) is 0.182. The molecule has 0 radical (unpaired) electrons. The Hall–Kier alpha value is -2.84. The molecule has 0 bridgehead atoms. The summed E-state index contributed by atoms with van der Waals surface area (Å²) in [5, 5.41) is 3.44. The number of hydrogen-bond donors (Lipinski definition) is 1. The smallest absolute Gasteiger partial charge is 0.340 e. The number of carbonyl (C=O) groups excluding carboxylic acids is 1. The van der Waals surface area contributed by atoms with Crippen LogP contribution in [0.2, 0.25) is 0 Å². The van der Waals surface area contributed by atoms with Crippen molar-refractivity contribution >= 4 is 50.7 Å². The van der Waals surface area contributed by atoms with Crippen molar-refractivity contribution in [2.45, 2.75) is 6.10 Å². The second-order valence-electron chi connectivity index (χ2n) is 6.82. The molecule has 30 heavy (non-hydrogen) atoms. The van der Waals surface area contributed by atoms with Crippen LogP contribution in [0.5, 0.6) is 0 Å². The van der Waals surface area contributed by atoms with Gasteiger partial charge in [-0.1, -0.05) is 22.0 Å². The quantitative estimate of drug-likeness (QED) is 0.420. The summed E-state index contributed by atoms with van der Waals surface area (Å²) in [5.41, 5.74) is 3.13. The molecule has 2 heterocycles. The minimum atomic E-state index is -0.367. The SMILES string of the molecule is COC(=O)c1cccc(N2CC(OC(=S)Nc3ccc(Br)cc3)C2)c1-n1cccc1. The summed E-state index contributed by atoms with van der Waals surface area (Å²) >= 11 is 8.74. The van der Waals surface area contributed by atoms with E-state index < -0.39 is 0 Å². The molecule has 0 amide bonds. The Morgan fingerprint density at radius 3 is 2.47 bits per heavy atom. The van der Waals surface area contributed by atoms with E-state index in [0.717, 1.165) is 21.5 Å². The Labute approximate surface area is 188 Å². The lowest BCUT2D eigenvalue weighted by Gasteiger charge is -2.41. The zero-order valence-electron chi connectivity index (χ0n) is 16.2. The van der Waals surface area contributed by atoms with Crippen molar-refractivity contribution in [2.75, 3.05) is 30.4 Å². The maximum Gasteiger partial charge on any atom is 0.340 e. The molecule has 1 aliphatic heterocycles. The molecule has 1 N–H and O–H groups in total. The number of nitrogens with zero attached hydrogens (tertiary/aromatic N) is 2. The van der Waals surface area contributed by atoms with Gasteiger partial charge in [0.1, 0.15) is 6.10 Å². The molecule has 1 saturated heterocycles. The molecule has 2 aromatic carbocycles. The third-order valence-corrected chi connectivity index (χ3v) is 5.56. The number of benzene rings is 2. The maximum absolute atomic E-state index is 12.3. The lowest BCUT2D eigenvalue weighted by atomic mass is 10.1. The zero-order valence-corrected chi connectivity index (χ0v) is 18.7. The highest BCUT2D eigenvalue weighted by molar-refractivity contribution is 9.10. The topological polar surface area (TPSA) is 55.7 Å². The number of hydrogen-bond acceptors (Lipinski definition) is 5. The first-order valence-corrected chi connectivity index (χ1v) is 10.6. The summed E-state index contributed by atoms with van der Waals surface area (Å²) in [7, 11) is 1.39. The molecule has 3 aromatic rings. The normalized spacial score (nSPS) is 13.5. The van der Waals surface area contributed by atoms with Crippen LogP contribution in [0.15, 0.2) is 71.5 Å². The second-order valence-corrected chi connectivity index (χ2v) is 8.11. The molecule has 4 rings (SSSR count). The first-order chi connectivity index (χ1) is 14.5. The van der Waals surface area contributed by atoms with Gasteiger partial charge in [-0.05, 0) is 60.7 Å². The molecule has 0 saturated carbocycles. The monoisotopic (exact) mass is 485 g/mol. The van der Waals surface area contributed by atoms with Crippen LogP contribution in [0.1, 0.15) is 10.4 Å². The molecule has 0 unspecified atom stereocenters. The number of ether oxygens (including phenoxy) is 2. The number of halogens is 1. The van der Waals surface area contributed by atoms with E-state index in [0.29, 0.717) is 23.8 Å². The van der Waals surface area contributed by atoms with Crippen molar-refractivity contribution in [3.8, 4) is 5.69 Å². The molecular weight excluding hydrogens is 466 g/mol. The van der Waals surface area contributed by atoms with Gasteiger partial charge in [-0.25, -0.2) is 4.79 Å². The van der Waals surface area contributed by atoms with Crippen LogP contribution in [0.4, 0.5) is 11.4 Å². The predicted octanol–water partition coefficient (Wildman–Crippen LogP) is 4.63. The van der Waals surface area contributed by atoms with Crippen LogP contribution >= 0.6 is 28.1 Å². The fourth-order valence-electron chi connectivity index (χ4n) is 3.36. The van der Waals surface area contributed by atoms with E-state index in [1.165, 1.54) is 7.11 Å². The number of nitrogens with one attached hydrogen (secondary N) is 1. The summed E-state index contributed by atoms with van der Waals surface area (Å²) in [6, 6.07) is 17.2. The molecule has 1 aliphatic rings. The van der Waals surface area contributed by atoms with E-state index in [1.807, 2.05) is 65.5 Å². The molecule has 6 nitrogen and oxygen atoms in total. The van der Waals surface area contributed by atoms with Crippen LogP contribution in [0.3, 0.4) is 0 Å². The Kier molecular flexibility index (Phi) is 6.06. The van der Waals surface area contributed by atoms with Crippen molar-refractivity contribution in [2.24, 2.45) is 0 Å². The second kappa shape index (κ2) is 8.89. The van der Waals surface area contributed by atoms with Crippen LogP contribution in [0, 0.1) is 0 Å². The molecular formula is C22H20BrN3O3S. The fourth-order valence-corrected chi connectivity index (χ4v) is 3.88. The Bertz CT molecular complexity index is 1050. The minimum absolute atomic E-state index is 0.0280. The van der Waals surface area contributed by atoms with Crippen LogP contribution < -0.4 is 10.2 Å². The summed E-state index contributed by atoms with van der Waals surface area (Å²) in [4.78, 5) is 14.5. The van der Waals surface area contributed by atoms with Crippen molar-refractivity contribution in [3.05, 3.63) is 77.0 Å². The largest absolute Gasteiger partial charge is 0.465 e. The number of rotatable bonds is 5. The number of carbonyl (C=O) groups is 1. The van der Waals surface area contributed by atoms with Crippen molar-refractivity contribution < 1.29 is 14.3 Å². The minimum Gasteiger partial charge on any atom is -0.465 e. The van der Waals surface area contributed by atoms with Gasteiger partial charge in [0.2, 0.25) is 0 Å². The summed E-state index contributed by atoms with van der Waals surface area (Å²) in [6.45, 7) is 1.34. The number of esters is 1. The van der Waals surface area contributed by atoms with Crippen molar-refractivity contribution in [1.29, 1.82) is 0 Å². The van der Waals surface area contributed by atoms with Gasteiger partial charge in [-0.2, -0.15) is 0 Å². The number of anilines is 2. The van der Waals surface area contributed by atoms with E-state index in [4.69, 9.17) is 21.7 Å². The lowest BCUT2D eigenvalue weighted by molar-refractivity contribution is 0.0601. The summed E-state index contributed by atoms with van der Waals surface area (Å²) < 4.78 is 13.8. The number of aromatic nitrogens is 1. The first kappa shape index (κ1) is 20.4. The highest BCUT2D eigenvalue weighted by Crippen LogP contribution is 2.32. The third kappa shape index (κ3) is 4.34. The molecule has 0 spiro atoms. The summed E-state index contributed by atoms with van der Waals surface area (Å²) in [6.07, 6.45) is 3.80. The van der Waals surface area contributed by atoms with Crippen LogP contribution in [-0.2, 0) is 9.47 Å². The van der Waals surface area contributed by atoms with Gasteiger partial charge >= 0.3 is 5.97 Å². The zero-order chi connectivity index (χ0) is 21.1. The van der Waals surface area contributed by atoms with Crippen molar-refractivity contribution in [3.63, 3.8) is 0 Å². The van der Waals surface area contributed by atoms with Crippen LogP contribution in [0.25, 0.3) is 5.69 Å². The van der Waals surface area contributed by atoms with Gasteiger partial charge < -0.3 is 24.3 Å². The maximum atomic E-state index is 12.3. The third-order valence-electron chi connectivity index (χ3n) is 4.84. The average molecular weight is 486 g/mol. The number of thiocarbonyl (C=S) groups is 1. The van der Waals surface area contributed by atoms with E-state index in [2.05, 4.69) is 26.1 Å². The molecule has 1 fully saturated rings. The highest BCUT2D eigenvalue weighted by Gasteiger charge is 2.32.